The van der Waals surface area contributed by atoms with E-state index in [1.165, 1.54) is 0 Å². The number of aromatic amines is 1. The van der Waals surface area contributed by atoms with Crippen molar-refractivity contribution in [2.45, 2.75) is 44.7 Å². The molecule has 1 saturated heterocycles. The Morgan fingerprint density at radius 3 is 2.70 bits per heavy atom. The summed E-state index contributed by atoms with van der Waals surface area (Å²) in [5.41, 5.74) is 1.49. The monoisotopic (exact) mass is 369 g/mol. The van der Waals surface area contributed by atoms with E-state index in [1.54, 1.807) is 12.4 Å². The lowest BCUT2D eigenvalue weighted by atomic mass is 10.2. The minimum absolute atomic E-state index is 0.235. The van der Waals surface area contributed by atoms with Crippen LogP contribution in [0.4, 0.5) is 5.82 Å². The van der Waals surface area contributed by atoms with Crippen LogP contribution in [0.2, 0.25) is 0 Å². The smallest absolute Gasteiger partial charge is 0.289 e. The molecule has 0 radical (unpaired) electrons. The average molecular weight is 369 g/mol. The van der Waals surface area contributed by atoms with Crippen LogP contribution in [-0.4, -0.2) is 64.0 Å². The first-order valence-corrected chi connectivity index (χ1v) is 9.48. The molecule has 0 unspecified atom stereocenters. The highest BCUT2D eigenvalue weighted by atomic mass is 16.2. The maximum absolute atomic E-state index is 12.9. The molecule has 1 amide bonds. The first-order chi connectivity index (χ1) is 12.9. The number of amides is 1. The standard InChI is InChI=1S/C19H27N7O/c1-12-13(2)22-15(23-16(12)26-10-5-14(11-26)25(3)4)17(27)24-19(6-7-19)18-20-8-9-21-18/h8-9,14H,5-7,10-11H2,1-4H3,(H,20,21)(H,24,27)/t14-/m1/s1. The number of carbonyl (C=O) groups is 1. The predicted molar refractivity (Wildman–Crippen MR) is 103 cm³/mol. The molecule has 2 aromatic heterocycles. The third-order valence-corrected chi connectivity index (χ3v) is 5.81. The summed E-state index contributed by atoms with van der Waals surface area (Å²) in [5, 5.41) is 3.09. The number of hydrogen-bond acceptors (Lipinski definition) is 6. The van der Waals surface area contributed by atoms with Crippen molar-refractivity contribution in [1.29, 1.82) is 0 Å². The summed E-state index contributed by atoms with van der Waals surface area (Å²) in [6.07, 6.45) is 6.33. The van der Waals surface area contributed by atoms with Gasteiger partial charge in [0.2, 0.25) is 5.82 Å². The summed E-state index contributed by atoms with van der Waals surface area (Å²) in [4.78, 5) is 33.9. The summed E-state index contributed by atoms with van der Waals surface area (Å²) in [7, 11) is 4.21. The van der Waals surface area contributed by atoms with Gasteiger partial charge in [-0.2, -0.15) is 0 Å². The fraction of sp³-hybridized carbons (Fsp3) is 0.579. The van der Waals surface area contributed by atoms with Gasteiger partial charge in [0.05, 0.1) is 5.54 Å². The Hall–Kier alpha value is -2.48. The van der Waals surface area contributed by atoms with Crippen molar-refractivity contribution in [2.75, 3.05) is 32.1 Å². The highest BCUT2D eigenvalue weighted by Gasteiger charge is 2.48. The number of anilines is 1. The Kier molecular flexibility index (Phi) is 4.38. The number of nitrogens with zero attached hydrogens (tertiary/aromatic N) is 5. The maximum Gasteiger partial charge on any atom is 0.289 e. The molecule has 3 heterocycles. The lowest BCUT2D eigenvalue weighted by molar-refractivity contribution is 0.0918. The number of hydrogen-bond donors (Lipinski definition) is 2. The zero-order valence-electron chi connectivity index (χ0n) is 16.4. The molecule has 27 heavy (non-hydrogen) atoms. The molecule has 1 aliphatic carbocycles. The number of carbonyl (C=O) groups excluding carboxylic acids is 1. The molecule has 0 aromatic carbocycles. The van der Waals surface area contributed by atoms with E-state index >= 15 is 0 Å². The molecule has 8 heteroatoms. The van der Waals surface area contributed by atoms with E-state index in [1.807, 2.05) is 13.8 Å². The first-order valence-electron chi connectivity index (χ1n) is 9.48. The lowest BCUT2D eigenvalue weighted by Crippen LogP contribution is -2.37. The molecule has 1 aliphatic heterocycles. The fourth-order valence-corrected chi connectivity index (χ4v) is 3.73. The first kappa shape index (κ1) is 17.9. The van der Waals surface area contributed by atoms with Crippen LogP contribution in [0.15, 0.2) is 12.4 Å². The Bertz CT molecular complexity index is 842. The van der Waals surface area contributed by atoms with E-state index in [4.69, 9.17) is 0 Å². The zero-order chi connectivity index (χ0) is 19.2. The van der Waals surface area contributed by atoms with Gasteiger partial charge in [-0.1, -0.05) is 0 Å². The molecule has 0 spiro atoms. The van der Waals surface area contributed by atoms with Crippen molar-refractivity contribution in [2.24, 2.45) is 0 Å². The Morgan fingerprint density at radius 1 is 1.33 bits per heavy atom. The Labute approximate surface area is 159 Å². The number of rotatable bonds is 5. The molecule has 2 N–H and O–H groups in total. The van der Waals surface area contributed by atoms with Gasteiger partial charge in [0.1, 0.15) is 11.6 Å². The minimum Gasteiger partial charge on any atom is -0.355 e. The van der Waals surface area contributed by atoms with Gasteiger partial charge in [-0.05, 0) is 47.2 Å². The zero-order valence-corrected chi connectivity index (χ0v) is 16.4. The van der Waals surface area contributed by atoms with Crippen molar-refractivity contribution in [3.05, 3.63) is 35.3 Å². The lowest BCUT2D eigenvalue weighted by Gasteiger charge is -2.23. The van der Waals surface area contributed by atoms with Crippen molar-refractivity contribution >= 4 is 11.7 Å². The van der Waals surface area contributed by atoms with E-state index in [0.717, 1.165) is 55.3 Å². The van der Waals surface area contributed by atoms with Gasteiger partial charge in [-0.15, -0.1) is 0 Å². The SMILES string of the molecule is Cc1nc(C(=O)NC2(c3ncc[nH]3)CC2)nc(N2CC[C@@H](N(C)C)C2)c1C. The molecule has 2 fully saturated rings. The molecular weight excluding hydrogens is 342 g/mol. The number of nitrogens with one attached hydrogen (secondary N) is 2. The molecule has 1 atom stereocenters. The van der Waals surface area contributed by atoms with Crippen LogP contribution in [0.1, 0.15) is 47.0 Å². The number of imidazole rings is 1. The molecule has 4 rings (SSSR count). The van der Waals surface area contributed by atoms with Gasteiger partial charge in [-0.25, -0.2) is 15.0 Å². The van der Waals surface area contributed by atoms with Crippen molar-refractivity contribution in [3.8, 4) is 0 Å². The summed E-state index contributed by atoms with van der Waals surface area (Å²) >= 11 is 0. The number of aryl methyl sites for hydroxylation is 1. The quantitative estimate of drug-likeness (QED) is 0.827. The van der Waals surface area contributed by atoms with E-state index in [2.05, 4.69) is 49.1 Å². The van der Waals surface area contributed by atoms with E-state index in [-0.39, 0.29) is 11.7 Å². The predicted octanol–water partition coefficient (Wildman–Crippen LogP) is 1.38. The van der Waals surface area contributed by atoms with Gasteiger partial charge < -0.3 is 20.1 Å². The van der Waals surface area contributed by atoms with Crippen LogP contribution in [0.3, 0.4) is 0 Å². The van der Waals surface area contributed by atoms with Crippen LogP contribution in [-0.2, 0) is 5.54 Å². The highest BCUT2D eigenvalue weighted by Crippen LogP contribution is 2.43. The van der Waals surface area contributed by atoms with Gasteiger partial charge in [-0.3, -0.25) is 4.79 Å². The number of H-pyrrole nitrogens is 1. The molecule has 0 bridgehead atoms. The second kappa shape index (κ2) is 6.60. The Balaban J connectivity index is 1.57. The van der Waals surface area contributed by atoms with Gasteiger partial charge in [0.25, 0.3) is 5.91 Å². The molecular formula is C19H27N7O. The van der Waals surface area contributed by atoms with Crippen molar-refractivity contribution in [3.63, 3.8) is 0 Å². The fourth-order valence-electron chi connectivity index (χ4n) is 3.73. The summed E-state index contributed by atoms with van der Waals surface area (Å²) < 4.78 is 0. The average Bonchev–Trinajstić information content (AvgIpc) is 3.08. The topological polar surface area (TPSA) is 90.0 Å². The second-order valence-corrected chi connectivity index (χ2v) is 7.91. The third-order valence-electron chi connectivity index (χ3n) is 5.81. The largest absolute Gasteiger partial charge is 0.355 e. The van der Waals surface area contributed by atoms with Crippen molar-refractivity contribution in [1.82, 2.24) is 30.2 Å². The van der Waals surface area contributed by atoms with Crippen LogP contribution in [0.5, 0.6) is 0 Å². The minimum atomic E-state index is -0.396. The van der Waals surface area contributed by atoms with Crippen molar-refractivity contribution < 1.29 is 4.79 Å². The van der Waals surface area contributed by atoms with Gasteiger partial charge >= 0.3 is 0 Å². The normalized spacial score (nSPS) is 20.9. The van der Waals surface area contributed by atoms with Crippen LogP contribution < -0.4 is 10.2 Å². The number of likely N-dealkylation sites (N-methyl/N-ethyl adjacent to an activating group) is 1. The second-order valence-electron chi connectivity index (χ2n) is 7.91. The Morgan fingerprint density at radius 2 is 2.11 bits per heavy atom. The molecule has 1 saturated carbocycles. The molecule has 8 nitrogen and oxygen atoms in total. The van der Waals surface area contributed by atoms with Crippen LogP contribution in [0, 0.1) is 13.8 Å². The van der Waals surface area contributed by atoms with E-state index in [9.17, 15) is 4.79 Å². The maximum atomic E-state index is 12.9. The summed E-state index contributed by atoms with van der Waals surface area (Å²) in [5.74, 6) is 1.67. The van der Waals surface area contributed by atoms with Gasteiger partial charge in [0, 0.05) is 42.8 Å². The van der Waals surface area contributed by atoms with E-state index in [0.29, 0.717) is 6.04 Å². The molecule has 2 aromatic rings. The summed E-state index contributed by atoms with van der Waals surface area (Å²) in [6.45, 7) is 5.83. The molecule has 144 valence electrons. The van der Waals surface area contributed by atoms with Crippen LogP contribution in [0.25, 0.3) is 0 Å². The van der Waals surface area contributed by atoms with Gasteiger partial charge in [0.15, 0.2) is 0 Å². The van der Waals surface area contributed by atoms with Crippen LogP contribution >= 0.6 is 0 Å². The summed E-state index contributed by atoms with van der Waals surface area (Å²) in [6, 6.07) is 0.505. The third kappa shape index (κ3) is 3.29. The van der Waals surface area contributed by atoms with E-state index < -0.39 is 5.54 Å². The number of aromatic nitrogens is 4. The molecule has 2 aliphatic rings. The highest BCUT2D eigenvalue weighted by molar-refractivity contribution is 5.92.